The molecule has 2 amide bonds. The molecular formula is C26H35N3O7. The van der Waals surface area contributed by atoms with Crippen molar-refractivity contribution in [1.29, 1.82) is 0 Å². The number of aliphatic hydroxyl groups excluding tert-OH is 1. The highest BCUT2D eigenvalue weighted by atomic mass is 16.6. The van der Waals surface area contributed by atoms with Crippen LogP contribution >= 0.6 is 0 Å². The fraction of sp³-hybridized carbons (Fsp3) is 0.654. The maximum absolute atomic E-state index is 14.0. The third-order valence-electron chi connectivity index (χ3n) is 8.07. The fourth-order valence-corrected chi connectivity index (χ4v) is 6.52. The van der Waals surface area contributed by atoms with Crippen molar-refractivity contribution in [2.24, 2.45) is 11.8 Å². The van der Waals surface area contributed by atoms with Crippen molar-refractivity contribution in [1.82, 2.24) is 15.1 Å². The van der Waals surface area contributed by atoms with E-state index in [1.54, 1.807) is 6.92 Å². The Kier molecular flexibility index (Phi) is 7.30. The van der Waals surface area contributed by atoms with Crippen molar-refractivity contribution in [3.8, 4) is 0 Å². The molecule has 1 spiro atoms. The molecule has 4 aliphatic heterocycles. The Hall–Kier alpha value is -2.53. The topological polar surface area (TPSA) is 118 Å². The zero-order valence-corrected chi connectivity index (χ0v) is 20.6. The number of fused-ring (bicyclic) bond motifs is 1. The molecule has 2 bridgehead atoms. The van der Waals surface area contributed by atoms with E-state index in [2.05, 4.69) is 10.2 Å². The van der Waals surface area contributed by atoms with Crippen LogP contribution in [0.5, 0.6) is 0 Å². The Morgan fingerprint density at radius 3 is 2.69 bits per heavy atom. The lowest BCUT2D eigenvalue weighted by Crippen LogP contribution is -2.57. The molecule has 10 heteroatoms. The van der Waals surface area contributed by atoms with E-state index >= 15 is 0 Å². The second kappa shape index (κ2) is 10.5. The van der Waals surface area contributed by atoms with Crippen molar-refractivity contribution in [3.63, 3.8) is 0 Å². The average molecular weight is 502 g/mol. The van der Waals surface area contributed by atoms with Crippen LogP contribution in [0.15, 0.2) is 30.3 Å². The standard InChI is InChI=1S/C26H35N3O7/c1-2-35-25(33)20-19-8-9-26(36-19)21(20)24(32)29(18(16-30)17-6-4-3-5-7-17)22(26)23(31)27-10-11-28-12-14-34-15-13-28/h3-7,18-22,30H,2,8-16H2,1H3,(H,27,31)/t18-,19-,20+,21+,22?,26?/m1/s1. The largest absolute Gasteiger partial charge is 0.466 e. The molecule has 0 aromatic heterocycles. The highest BCUT2D eigenvalue weighted by Gasteiger charge is 2.75. The first-order valence-electron chi connectivity index (χ1n) is 12.9. The van der Waals surface area contributed by atoms with Crippen LogP contribution < -0.4 is 5.32 Å². The summed E-state index contributed by atoms with van der Waals surface area (Å²) in [5.41, 5.74) is -0.400. The van der Waals surface area contributed by atoms with Crippen LogP contribution in [0.3, 0.4) is 0 Å². The fourth-order valence-electron chi connectivity index (χ4n) is 6.52. The molecule has 5 rings (SSSR count). The summed E-state index contributed by atoms with van der Waals surface area (Å²) in [7, 11) is 0. The third-order valence-corrected chi connectivity index (χ3v) is 8.07. The van der Waals surface area contributed by atoms with Crippen LogP contribution in [0.1, 0.15) is 31.4 Å². The Labute approximate surface area is 210 Å². The normalized spacial score (nSPS) is 32.4. The predicted octanol–water partition coefficient (Wildman–Crippen LogP) is 0.106. The molecule has 36 heavy (non-hydrogen) atoms. The van der Waals surface area contributed by atoms with Crippen LogP contribution in [-0.4, -0.2) is 103 Å². The number of morpholine rings is 1. The highest BCUT2D eigenvalue weighted by Crippen LogP contribution is 2.59. The van der Waals surface area contributed by atoms with Gasteiger partial charge in [-0.25, -0.2) is 0 Å². The summed E-state index contributed by atoms with van der Waals surface area (Å²) in [5.74, 6) is -2.70. The maximum atomic E-state index is 14.0. The molecule has 6 atom stereocenters. The molecule has 1 aromatic rings. The number of amides is 2. The van der Waals surface area contributed by atoms with E-state index in [-0.39, 0.29) is 25.0 Å². The number of rotatable bonds is 9. The number of nitrogens with one attached hydrogen (secondary N) is 1. The molecule has 10 nitrogen and oxygen atoms in total. The maximum Gasteiger partial charge on any atom is 0.312 e. The Bertz CT molecular complexity index is 970. The smallest absolute Gasteiger partial charge is 0.312 e. The minimum absolute atomic E-state index is 0.203. The number of ether oxygens (including phenoxy) is 3. The highest BCUT2D eigenvalue weighted by molar-refractivity contribution is 5.98. The van der Waals surface area contributed by atoms with Gasteiger partial charge < -0.3 is 29.5 Å². The summed E-state index contributed by atoms with van der Waals surface area (Å²) in [5, 5.41) is 13.4. The first kappa shape index (κ1) is 25.1. The van der Waals surface area contributed by atoms with Gasteiger partial charge in [0.15, 0.2) is 0 Å². The van der Waals surface area contributed by atoms with E-state index in [0.717, 1.165) is 18.7 Å². The number of esters is 1. The Balaban J connectivity index is 1.45. The second-order valence-electron chi connectivity index (χ2n) is 9.91. The lowest BCUT2D eigenvalue weighted by atomic mass is 9.71. The summed E-state index contributed by atoms with van der Waals surface area (Å²) in [6.07, 6.45) is 0.621. The molecule has 4 fully saturated rings. The molecule has 4 heterocycles. The molecule has 0 aliphatic carbocycles. The number of carbonyl (C=O) groups excluding carboxylic acids is 3. The molecule has 2 N–H and O–H groups in total. The average Bonchev–Trinajstić information content (AvgIpc) is 3.54. The van der Waals surface area contributed by atoms with Gasteiger partial charge in [0.1, 0.15) is 11.6 Å². The zero-order chi connectivity index (χ0) is 25.3. The minimum Gasteiger partial charge on any atom is -0.466 e. The van der Waals surface area contributed by atoms with E-state index in [9.17, 15) is 19.5 Å². The lowest BCUT2D eigenvalue weighted by molar-refractivity contribution is -0.155. The molecule has 0 radical (unpaired) electrons. The van der Waals surface area contributed by atoms with Gasteiger partial charge in [0, 0.05) is 26.2 Å². The molecule has 4 aliphatic rings. The number of likely N-dealkylation sites (tertiary alicyclic amines) is 1. The van der Waals surface area contributed by atoms with Crippen LogP contribution in [0.25, 0.3) is 0 Å². The Morgan fingerprint density at radius 2 is 2.00 bits per heavy atom. The summed E-state index contributed by atoms with van der Waals surface area (Å²) in [4.78, 5) is 44.4. The van der Waals surface area contributed by atoms with Crippen molar-refractivity contribution in [3.05, 3.63) is 35.9 Å². The van der Waals surface area contributed by atoms with Crippen molar-refractivity contribution < 1.29 is 33.7 Å². The zero-order valence-electron chi connectivity index (χ0n) is 20.6. The van der Waals surface area contributed by atoms with E-state index in [4.69, 9.17) is 14.2 Å². The summed E-state index contributed by atoms with van der Waals surface area (Å²) < 4.78 is 17.1. The lowest BCUT2D eigenvalue weighted by Gasteiger charge is -2.37. The SMILES string of the molecule is CCOC(=O)[C@@H]1[C@H]2C(=O)N([C@H](CO)c3ccccc3)C(C(=O)NCCN3CCOCC3)C23CC[C@H]1O3. The van der Waals surface area contributed by atoms with Gasteiger partial charge in [0.05, 0.1) is 50.4 Å². The first-order valence-corrected chi connectivity index (χ1v) is 12.9. The molecular weight excluding hydrogens is 466 g/mol. The van der Waals surface area contributed by atoms with Gasteiger partial charge in [-0.3, -0.25) is 19.3 Å². The van der Waals surface area contributed by atoms with Gasteiger partial charge in [-0.2, -0.15) is 0 Å². The first-order chi connectivity index (χ1) is 17.5. The van der Waals surface area contributed by atoms with Crippen LogP contribution in [0, 0.1) is 11.8 Å². The summed E-state index contributed by atoms with van der Waals surface area (Å²) in [6.45, 7) is 5.61. The van der Waals surface area contributed by atoms with Crippen molar-refractivity contribution in [2.75, 3.05) is 52.6 Å². The molecule has 2 unspecified atom stereocenters. The van der Waals surface area contributed by atoms with Gasteiger partial charge in [-0.1, -0.05) is 30.3 Å². The molecule has 0 saturated carbocycles. The quantitative estimate of drug-likeness (QED) is 0.458. The predicted molar refractivity (Wildman–Crippen MR) is 128 cm³/mol. The second-order valence-corrected chi connectivity index (χ2v) is 9.91. The van der Waals surface area contributed by atoms with E-state index in [0.29, 0.717) is 39.1 Å². The third kappa shape index (κ3) is 4.19. The van der Waals surface area contributed by atoms with Crippen molar-refractivity contribution in [2.45, 2.75) is 43.6 Å². The van der Waals surface area contributed by atoms with Gasteiger partial charge in [0.2, 0.25) is 11.8 Å². The molecule has 4 saturated heterocycles. The number of nitrogens with zero attached hydrogens (tertiary/aromatic N) is 2. The van der Waals surface area contributed by atoms with Gasteiger partial charge in [0.25, 0.3) is 0 Å². The van der Waals surface area contributed by atoms with Crippen LogP contribution in [0.2, 0.25) is 0 Å². The van der Waals surface area contributed by atoms with Gasteiger partial charge in [-0.05, 0) is 25.3 Å². The Morgan fingerprint density at radius 1 is 1.25 bits per heavy atom. The number of hydrogen-bond donors (Lipinski definition) is 2. The van der Waals surface area contributed by atoms with E-state index < -0.39 is 41.6 Å². The van der Waals surface area contributed by atoms with Crippen molar-refractivity contribution >= 4 is 17.8 Å². The van der Waals surface area contributed by atoms with Gasteiger partial charge >= 0.3 is 5.97 Å². The van der Waals surface area contributed by atoms with Crippen LogP contribution in [-0.2, 0) is 28.6 Å². The number of aliphatic hydroxyl groups is 1. The van der Waals surface area contributed by atoms with E-state index in [1.165, 1.54) is 4.90 Å². The molecule has 1 aromatic carbocycles. The summed E-state index contributed by atoms with van der Waals surface area (Å²) >= 11 is 0. The number of benzene rings is 1. The minimum atomic E-state index is -1.12. The van der Waals surface area contributed by atoms with E-state index in [1.807, 2.05) is 30.3 Å². The number of carbonyl (C=O) groups is 3. The molecule has 196 valence electrons. The van der Waals surface area contributed by atoms with Crippen LogP contribution in [0.4, 0.5) is 0 Å². The summed E-state index contributed by atoms with van der Waals surface area (Å²) in [6, 6.07) is 7.48. The van der Waals surface area contributed by atoms with Gasteiger partial charge in [-0.15, -0.1) is 0 Å². The number of hydrogen-bond acceptors (Lipinski definition) is 8. The monoisotopic (exact) mass is 501 g/mol.